The zero-order chi connectivity index (χ0) is 15.6. The molecule has 1 aromatic rings. The van der Waals surface area contributed by atoms with Crippen molar-refractivity contribution in [3.8, 4) is 0 Å². The van der Waals surface area contributed by atoms with Crippen molar-refractivity contribution in [3.05, 3.63) is 35.4 Å². The van der Waals surface area contributed by atoms with Crippen LogP contribution in [0.3, 0.4) is 0 Å². The summed E-state index contributed by atoms with van der Waals surface area (Å²) in [5, 5.41) is 2.61. The number of nitrogens with zero attached hydrogens (tertiary/aromatic N) is 1. The second kappa shape index (κ2) is 5.89. The zero-order valence-corrected chi connectivity index (χ0v) is 12.1. The number of halogens is 2. The Labute approximate surface area is 122 Å². The van der Waals surface area contributed by atoms with Gasteiger partial charge in [0.15, 0.2) is 5.78 Å². The summed E-state index contributed by atoms with van der Waals surface area (Å²) in [5.74, 6) is -1.92. The van der Waals surface area contributed by atoms with Crippen molar-refractivity contribution >= 4 is 11.7 Å². The summed E-state index contributed by atoms with van der Waals surface area (Å²) >= 11 is 0. The quantitative estimate of drug-likeness (QED) is 0.859. The highest BCUT2D eigenvalue weighted by Crippen LogP contribution is 2.30. The second-order valence-corrected chi connectivity index (χ2v) is 5.65. The average Bonchev–Trinajstić information content (AvgIpc) is 2.83. The maximum Gasteiger partial charge on any atom is 0.227 e. The molecule has 1 atom stereocenters. The molecule has 6 heteroatoms. The SMILES string of the molecule is CNC(=O)C1(C)CCN(CC(=O)c2cc(F)ccc2F)C1. The molecule has 1 N–H and O–H groups in total. The summed E-state index contributed by atoms with van der Waals surface area (Å²) in [6.45, 7) is 2.81. The van der Waals surface area contributed by atoms with Crippen LogP contribution in [0.4, 0.5) is 8.78 Å². The van der Waals surface area contributed by atoms with E-state index in [0.717, 1.165) is 18.2 Å². The van der Waals surface area contributed by atoms with Crippen molar-refractivity contribution in [1.29, 1.82) is 0 Å². The minimum absolute atomic E-state index is 0.0209. The smallest absolute Gasteiger partial charge is 0.227 e. The number of benzene rings is 1. The van der Waals surface area contributed by atoms with Gasteiger partial charge >= 0.3 is 0 Å². The van der Waals surface area contributed by atoms with E-state index in [1.165, 1.54) is 0 Å². The van der Waals surface area contributed by atoms with Gasteiger partial charge in [0.05, 0.1) is 17.5 Å². The van der Waals surface area contributed by atoms with Crippen molar-refractivity contribution in [3.63, 3.8) is 0 Å². The third-order valence-corrected chi connectivity index (χ3v) is 3.92. The highest BCUT2D eigenvalue weighted by Gasteiger charge is 2.40. The fourth-order valence-electron chi connectivity index (χ4n) is 2.68. The molecule has 1 aromatic carbocycles. The number of carbonyl (C=O) groups is 2. The predicted octanol–water partition coefficient (Wildman–Crippen LogP) is 1.61. The third-order valence-electron chi connectivity index (χ3n) is 3.92. The summed E-state index contributed by atoms with van der Waals surface area (Å²) in [6.07, 6.45) is 0.631. The van der Waals surface area contributed by atoms with E-state index < -0.39 is 22.8 Å². The fourth-order valence-corrected chi connectivity index (χ4v) is 2.68. The van der Waals surface area contributed by atoms with E-state index in [0.29, 0.717) is 19.5 Å². The normalized spacial score (nSPS) is 22.3. The number of hydrogen-bond acceptors (Lipinski definition) is 3. The first-order valence-electron chi connectivity index (χ1n) is 6.78. The minimum Gasteiger partial charge on any atom is -0.359 e. The van der Waals surface area contributed by atoms with Crippen molar-refractivity contribution in [2.75, 3.05) is 26.7 Å². The fraction of sp³-hybridized carbons (Fsp3) is 0.467. The molecule has 1 amide bonds. The summed E-state index contributed by atoms with van der Waals surface area (Å²) < 4.78 is 26.7. The van der Waals surface area contributed by atoms with Gasteiger partial charge in [-0.25, -0.2) is 8.78 Å². The molecule has 1 aliphatic heterocycles. The lowest BCUT2D eigenvalue weighted by molar-refractivity contribution is -0.129. The maximum atomic E-state index is 13.6. The predicted molar refractivity (Wildman–Crippen MR) is 73.9 cm³/mol. The summed E-state index contributed by atoms with van der Waals surface area (Å²) in [7, 11) is 1.57. The molecular weight excluding hydrogens is 278 g/mol. The van der Waals surface area contributed by atoms with Gasteiger partial charge in [-0.1, -0.05) is 0 Å². The van der Waals surface area contributed by atoms with Crippen LogP contribution >= 0.6 is 0 Å². The lowest BCUT2D eigenvalue weighted by atomic mass is 9.89. The lowest BCUT2D eigenvalue weighted by Crippen LogP contribution is -2.40. The van der Waals surface area contributed by atoms with Crippen LogP contribution < -0.4 is 5.32 Å². The summed E-state index contributed by atoms with van der Waals surface area (Å²) in [6, 6.07) is 2.83. The van der Waals surface area contributed by atoms with E-state index in [1.807, 2.05) is 6.92 Å². The van der Waals surface area contributed by atoms with Crippen molar-refractivity contribution in [2.45, 2.75) is 13.3 Å². The van der Waals surface area contributed by atoms with Gasteiger partial charge in [-0.2, -0.15) is 0 Å². The molecule has 21 heavy (non-hydrogen) atoms. The molecule has 1 aliphatic rings. The Morgan fingerprint density at radius 1 is 1.38 bits per heavy atom. The molecule has 0 bridgehead atoms. The van der Waals surface area contributed by atoms with Gasteiger partial charge in [0.25, 0.3) is 0 Å². The topological polar surface area (TPSA) is 49.4 Å². The Morgan fingerprint density at radius 2 is 2.10 bits per heavy atom. The number of amides is 1. The highest BCUT2D eigenvalue weighted by molar-refractivity contribution is 5.98. The molecule has 2 rings (SSSR count). The van der Waals surface area contributed by atoms with Gasteiger partial charge in [0.2, 0.25) is 5.91 Å². The van der Waals surface area contributed by atoms with Crippen LogP contribution in [-0.4, -0.2) is 43.3 Å². The Kier molecular flexibility index (Phi) is 4.37. The molecule has 1 heterocycles. The maximum absolute atomic E-state index is 13.6. The van der Waals surface area contributed by atoms with Gasteiger partial charge in [0, 0.05) is 13.6 Å². The van der Waals surface area contributed by atoms with Gasteiger partial charge in [-0.3, -0.25) is 14.5 Å². The minimum atomic E-state index is -0.727. The first-order chi connectivity index (χ1) is 9.85. The average molecular weight is 296 g/mol. The Bertz CT molecular complexity index is 577. The highest BCUT2D eigenvalue weighted by atomic mass is 19.1. The van der Waals surface area contributed by atoms with Gasteiger partial charge in [-0.05, 0) is 38.1 Å². The monoisotopic (exact) mass is 296 g/mol. The number of carbonyl (C=O) groups excluding carboxylic acids is 2. The van der Waals surface area contributed by atoms with E-state index in [9.17, 15) is 18.4 Å². The van der Waals surface area contributed by atoms with E-state index in [4.69, 9.17) is 0 Å². The summed E-state index contributed by atoms with van der Waals surface area (Å²) in [4.78, 5) is 25.7. The molecule has 1 saturated heterocycles. The number of hydrogen-bond donors (Lipinski definition) is 1. The zero-order valence-electron chi connectivity index (χ0n) is 12.1. The third kappa shape index (κ3) is 3.26. The molecule has 1 fully saturated rings. The van der Waals surface area contributed by atoms with Crippen LogP contribution in [0.25, 0.3) is 0 Å². The van der Waals surface area contributed by atoms with E-state index in [2.05, 4.69) is 5.32 Å². The Balaban J connectivity index is 2.05. The Morgan fingerprint density at radius 3 is 2.76 bits per heavy atom. The molecule has 1 unspecified atom stereocenters. The number of rotatable bonds is 4. The second-order valence-electron chi connectivity index (χ2n) is 5.65. The van der Waals surface area contributed by atoms with Crippen LogP contribution in [0.1, 0.15) is 23.7 Å². The molecule has 0 aliphatic carbocycles. The molecule has 0 spiro atoms. The molecule has 0 saturated carbocycles. The first kappa shape index (κ1) is 15.6. The van der Waals surface area contributed by atoms with E-state index >= 15 is 0 Å². The van der Waals surface area contributed by atoms with E-state index in [-0.39, 0.29) is 18.0 Å². The number of Topliss-reactive ketones (excluding diaryl/α,β-unsaturated/α-hetero) is 1. The largest absolute Gasteiger partial charge is 0.359 e. The molecule has 4 nitrogen and oxygen atoms in total. The van der Waals surface area contributed by atoms with Crippen LogP contribution in [0.2, 0.25) is 0 Å². The van der Waals surface area contributed by atoms with Crippen LogP contribution in [0.15, 0.2) is 18.2 Å². The number of nitrogens with one attached hydrogen (secondary N) is 1. The molecular formula is C15H18F2N2O2. The van der Waals surface area contributed by atoms with Gasteiger partial charge in [0.1, 0.15) is 11.6 Å². The van der Waals surface area contributed by atoms with Gasteiger partial charge in [-0.15, -0.1) is 0 Å². The van der Waals surface area contributed by atoms with Gasteiger partial charge < -0.3 is 5.32 Å². The first-order valence-corrected chi connectivity index (χ1v) is 6.78. The van der Waals surface area contributed by atoms with Crippen LogP contribution in [-0.2, 0) is 4.79 Å². The van der Waals surface area contributed by atoms with Crippen molar-refractivity contribution in [1.82, 2.24) is 10.2 Å². The molecule has 0 radical (unpaired) electrons. The Hall–Kier alpha value is -1.82. The van der Waals surface area contributed by atoms with Crippen LogP contribution in [0.5, 0.6) is 0 Å². The molecule has 114 valence electrons. The van der Waals surface area contributed by atoms with E-state index in [1.54, 1.807) is 11.9 Å². The number of likely N-dealkylation sites (tertiary alicyclic amines) is 1. The number of ketones is 1. The summed E-state index contributed by atoms with van der Waals surface area (Å²) in [5.41, 5.74) is -0.793. The molecule has 0 aromatic heterocycles. The standard InChI is InChI=1S/C15H18F2N2O2/c1-15(14(21)18-2)5-6-19(9-15)8-13(20)11-7-10(16)3-4-12(11)17/h3-4,7H,5-6,8-9H2,1-2H3,(H,18,21). The van der Waals surface area contributed by atoms with Crippen molar-refractivity contribution in [2.24, 2.45) is 5.41 Å². The van der Waals surface area contributed by atoms with Crippen LogP contribution in [0, 0.1) is 17.0 Å². The lowest BCUT2D eigenvalue weighted by Gasteiger charge is -2.22. The van der Waals surface area contributed by atoms with Crippen molar-refractivity contribution < 1.29 is 18.4 Å².